The van der Waals surface area contributed by atoms with Gasteiger partial charge in [-0.2, -0.15) is 5.10 Å². The third-order valence-electron chi connectivity index (χ3n) is 3.18. The van der Waals surface area contributed by atoms with Gasteiger partial charge in [0.25, 0.3) is 0 Å². The molecule has 1 aliphatic carbocycles. The SMILES string of the molecule is C[C@@H](O)[C@@H](CO)NC(=O)Nc1ccnn1CC1CC1. The van der Waals surface area contributed by atoms with Crippen LogP contribution >= 0.6 is 0 Å². The molecule has 0 radical (unpaired) electrons. The number of aromatic nitrogens is 2. The number of urea groups is 1. The van der Waals surface area contributed by atoms with Crippen molar-refractivity contribution in [3.05, 3.63) is 12.3 Å². The predicted molar refractivity (Wildman–Crippen MR) is 69.7 cm³/mol. The first-order valence-electron chi connectivity index (χ1n) is 6.48. The summed E-state index contributed by atoms with van der Waals surface area (Å²) in [4.78, 5) is 11.8. The fourth-order valence-electron chi connectivity index (χ4n) is 1.77. The number of aliphatic hydroxyl groups is 2. The topological polar surface area (TPSA) is 99.4 Å². The van der Waals surface area contributed by atoms with Crippen molar-refractivity contribution in [2.24, 2.45) is 5.92 Å². The quantitative estimate of drug-likeness (QED) is 0.590. The Morgan fingerprint density at radius 1 is 1.63 bits per heavy atom. The highest BCUT2D eigenvalue weighted by atomic mass is 16.3. The van der Waals surface area contributed by atoms with Gasteiger partial charge in [-0.1, -0.05) is 0 Å². The molecule has 1 aliphatic rings. The smallest absolute Gasteiger partial charge is 0.320 e. The molecule has 1 fully saturated rings. The van der Waals surface area contributed by atoms with Crippen molar-refractivity contribution in [1.29, 1.82) is 0 Å². The van der Waals surface area contributed by atoms with E-state index in [0.29, 0.717) is 11.7 Å². The molecule has 2 amide bonds. The van der Waals surface area contributed by atoms with Crippen molar-refractivity contribution in [2.75, 3.05) is 11.9 Å². The second kappa shape index (κ2) is 6.03. The molecule has 0 aromatic carbocycles. The number of nitrogens with one attached hydrogen (secondary N) is 2. The molecule has 1 aromatic rings. The van der Waals surface area contributed by atoms with E-state index in [1.54, 1.807) is 16.9 Å². The lowest BCUT2D eigenvalue weighted by molar-refractivity contribution is 0.108. The molecule has 7 heteroatoms. The van der Waals surface area contributed by atoms with Crippen molar-refractivity contribution in [1.82, 2.24) is 15.1 Å². The van der Waals surface area contributed by atoms with Gasteiger partial charge in [0, 0.05) is 12.6 Å². The van der Waals surface area contributed by atoms with Crippen LogP contribution in [-0.2, 0) is 6.54 Å². The predicted octanol–water partition coefficient (Wildman–Crippen LogP) is 0.156. The summed E-state index contributed by atoms with van der Waals surface area (Å²) in [7, 11) is 0. The summed E-state index contributed by atoms with van der Waals surface area (Å²) in [5.74, 6) is 1.28. The number of aliphatic hydroxyl groups excluding tert-OH is 2. The molecule has 2 rings (SSSR count). The van der Waals surface area contributed by atoms with Crippen molar-refractivity contribution in [2.45, 2.75) is 38.5 Å². The third-order valence-corrected chi connectivity index (χ3v) is 3.18. The highest BCUT2D eigenvalue weighted by molar-refractivity contribution is 5.88. The Kier molecular flexibility index (Phi) is 4.39. The minimum absolute atomic E-state index is 0.313. The van der Waals surface area contributed by atoms with Crippen LogP contribution in [0.25, 0.3) is 0 Å². The van der Waals surface area contributed by atoms with Crippen LogP contribution in [0, 0.1) is 5.92 Å². The van der Waals surface area contributed by atoms with Crippen LogP contribution in [0.1, 0.15) is 19.8 Å². The normalized spacial score (nSPS) is 17.8. The maximum absolute atomic E-state index is 11.8. The third kappa shape index (κ3) is 3.93. The van der Waals surface area contributed by atoms with E-state index < -0.39 is 18.2 Å². The van der Waals surface area contributed by atoms with Crippen LogP contribution in [0.15, 0.2) is 12.3 Å². The van der Waals surface area contributed by atoms with Crippen LogP contribution in [0.4, 0.5) is 10.6 Å². The molecule has 1 saturated carbocycles. The molecule has 0 saturated heterocycles. The second-order valence-electron chi connectivity index (χ2n) is 4.97. The van der Waals surface area contributed by atoms with Gasteiger partial charge in [0.05, 0.1) is 24.9 Å². The van der Waals surface area contributed by atoms with Crippen LogP contribution in [-0.4, -0.2) is 44.8 Å². The second-order valence-corrected chi connectivity index (χ2v) is 4.97. The number of hydrogen-bond acceptors (Lipinski definition) is 4. The first kappa shape index (κ1) is 13.8. The zero-order valence-corrected chi connectivity index (χ0v) is 10.9. The fraction of sp³-hybridized carbons (Fsp3) is 0.667. The van der Waals surface area contributed by atoms with Crippen molar-refractivity contribution in [3.8, 4) is 0 Å². The Labute approximate surface area is 111 Å². The Morgan fingerprint density at radius 3 is 2.95 bits per heavy atom. The molecule has 1 heterocycles. The maximum Gasteiger partial charge on any atom is 0.320 e. The number of nitrogens with zero attached hydrogens (tertiary/aromatic N) is 2. The summed E-state index contributed by atoms with van der Waals surface area (Å²) in [6.45, 7) is 2.01. The maximum atomic E-state index is 11.8. The van der Waals surface area contributed by atoms with Crippen LogP contribution < -0.4 is 10.6 Å². The van der Waals surface area contributed by atoms with E-state index in [1.165, 1.54) is 19.8 Å². The van der Waals surface area contributed by atoms with Gasteiger partial charge in [0.2, 0.25) is 0 Å². The van der Waals surface area contributed by atoms with E-state index in [2.05, 4.69) is 15.7 Å². The monoisotopic (exact) mass is 268 g/mol. The van der Waals surface area contributed by atoms with Gasteiger partial charge in [-0.3, -0.25) is 5.32 Å². The minimum atomic E-state index is -0.813. The molecule has 0 aliphatic heterocycles. The molecular formula is C12H20N4O3. The molecule has 4 N–H and O–H groups in total. The van der Waals surface area contributed by atoms with E-state index in [4.69, 9.17) is 5.11 Å². The molecule has 0 unspecified atom stereocenters. The molecule has 106 valence electrons. The van der Waals surface area contributed by atoms with Crippen molar-refractivity contribution in [3.63, 3.8) is 0 Å². The van der Waals surface area contributed by atoms with E-state index in [0.717, 1.165) is 6.54 Å². The standard InChI is InChI=1S/C12H20N4O3/c1-8(18)10(7-17)14-12(19)15-11-4-5-13-16(11)6-9-2-3-9/h4-5,8-10,17-18H,2-3,6-7H2,1H3,(H2,14,15,19)/t8-,10-/m1/s1. The van der Waals surface area contributed by atoms with Gasteiger partial charge in [0.15, 0.2) is 0 Å². The highest BCUT2D eigenvalue weighted by Crippen LogP contribution is 2.31. The van der Waals surface area contributed by atoms with Gasteiger partial charge >= 0.3 is 6.03 Å². The highest BCUT2D eigenvalue weighted by Gasteiger charge is 2.23. The van der Waals surface area contributed by atoms with E-state index in [-0.39, 0.29) is 6.61 Å². The summed E-state index contributed by atoms with van der Waals surface area (Å²) >= 11 is 0. The largest absolute Gasteiger partial charge is 0.394 e. The summed E-state index contributed by atoms with van der Waals surface area (Å²) in [6.07, 6.45) is 3.24. The molecular weight excluding hydrogens is 248 g/mol. The lowest BCUT2D eigenvalue weighted by Gasteiger charge is -2.19. The zero-order valence-electron chi connectivity index (χ0n) is 10.9. The molecule has 2 atom stereocenters. The average molecular weight is 268 g/mol. The van der Waals surface area contributed by atoms with E-state index >= 15 is 0 Å². The first-order valence-corrected chi connectivity index (χ1v) is 6.48. The summed E-state index contributed by atoms with van der Waals surface area (Å²) in [5.41, 5.74) is 0. The molecule has 19 heavy (non-hydrogen) atoms. The van der Waals surface area contributed by atoms with Gasteiger partial charge in [-0.15, -0.1) is 0 Å². The summed E-state index contributed by atoms with van der Waals surface area (Å²) in [5, 5.41) is 27.7. The van der Waals surface area contributed by atoms with Gasteiger partial charge in [-0.25, -0.2) is 9.48 Å². The Hall–Kier alpha value is -1.60. The molecule has 0 bridgehead atoms. The minimum Gasteiger partial charge on any atom is -0.394 e. The Balaban J connectivity index is 1.89. The lowest BCUT2D eigenvalue weighted by atomic mass is 10.2. The van der Waals surface area contributed by atoms with E-state index in [9.17, 15) is 9.90 Å². The van der Waals surface area contributed by atoms with Crippen LogP contribution in [0.3, 0.4) is 0 Å². The number of amides is 2. The van der Waals surface area contributed by atoms with Crippen molar-refractivity contribution < 1.29 is 15.0 Å². The van der Waals surface area contributed by atoms with Crippen LogP contribution in [0.2, 0.25) is 0 Å². The number of carbonyl (C=O) groups is 1. The number of anilines is 1. The zero-order chi connectivity index (χ0) is 13.8. The molecule has 1 aromatic heterocycles. The fourth-order valence-corrected chi connectivity index (χ4v) is 1.77. The Bertz CT molecular complexity index is 428. The lowest BCUT2D eigenvalue weighted by Crippen LogP contribution is -2.46. The van der Waals surface area contributed by atoms with Crippen LogP contribution in [0.5, 0.6) is 0 Å². The average Bonchev–Trinajstić information content (AvgIpc) is 3.07. The van der Waals surface area contributed by atoms with Crippen molar-refractivity contribution >= 4 is 11.8 Å². The number of hydrogen-bond donors (Lipinski definition) is 4. The molecule has 7 nitrogen and oxygen atoms in total. The summed E-state index contributed by atoms with van der Waals surface area (Å²) < 4.78 is 1.76. The van der Waals surface area contributed by atoms with E-state index in [1.807, 2.05) is 0 Å². The summed E-state index contributed by atoms with van der Waals surface area (Å²) in [6, 6.07) is 0.579. The van der Waals surface area contributed by atoms with Gasteiger partial charge in [-0.05, 0) is 25.7 Å². The molecule has 0 spiro atoms. The van der Waals surface area contributed by atoms with Gasteiger partial charge < -0.3 is 15.5 Å². The first-order chi connectivity index (χ1) is 9.10. The number of carbonyl (C=O) groups excluding carboxylic acids is 1. The number of rotatable bonds is 6. The Morgan fingerprint density at radius 2 is 2.37 bits per heavy atom. The van der Waals surface area contributed by atoms with Gasteiger partial charge in [0.1, 0.15) is 5.82 Å².